The molecule has 0 atom stereocenters. The summed E-state index contributed by atoms with van der Waals surface area (Å²) >= 11 is 0. The van der Waals surface area contributed by atoms with Gasteiger partial charge in [-0.3, -0.25) is 14.3 Å². The van der Waals surface area contributed by atoms with Crippen LogP contribution in [0.15, 0.2) is 15.9 Å². The predicted molar refractivity (Wildman–Crippen MR) is 43.2 cm³/mol. The van der Waals surface area contributed by atoms with Crippen LogP contribution < -0.4 is 11.2 Å². The summed E-state index contributed by atoms with van der Waals surface area (Å²) in [5.41, 5.74) is -0.801. The van der Waals surface area contributed by atoms with E-state index in [9.17, 15) is 9.59 Å². The van der Waals surface area contributed by atoms with E-state index < -0.39 is 11.2 Å². The van der Waals surface area contributed by atoms with Crippen LogP contribution in [-0.2, 0) is 7.05 Å². The third-order valence-corrected chi connectivity index (χ3v) is 1.66. The molecule has 0 saturated carbocycles. The number of aromatic amines is 1. The van der Waals surface area contributed by atoms with Crippen molar-refractivity contribution in [3.8, 4) is 0 Å². The normalized spacial score (nSPS) is 10.5. The van der Waals surface area contributed by atoms with E-state index in [4.69, 9.17) is 0 Å². The number of nitrogens with one attached hydrogen (secondary N) is 1. The number of fused-ring (bicyclic) bond motifs is 1. The summed E-state index contributed by atoms with van der Waals surface area (Å²) in [5.74, 6) is 0. The van der Waals surface area contributed by atoms with Gasteiger partial charge in [0.25, 0.3) is 5.56 Å². The Hall–Kier alpha value is -2.05. The maximum absolute atomic E-state index is 11.1. The molecule has 0 fully saturated rings. The van der Waals surface area contributed by atoms with Gasteiger partial charge in [0, 0.05) is 7.05 Å². The molecule has 0 aliphatic rings. The quantitative estimate of drug-likeness (QED) is 0.526. The largest absolute Gasteiger partial charge is 0.329 e. The standard InChI is InChI=1S/C6H5N5O2/c1-11-4-3(10-8-2-7-4)5(12)9-6(11)13/h2H,1H3,(H,9,12,13). The van der Waals surface area contributed by atoms with E-state index in [1.54, 1.807) is 0 Å². The van der Waals surface area contributed by atoms with Crippen LogP contribution in [0.25, 0.3) is 11.2 Å². The number of aromatic nitrogens is 5. The molecule has 66 valence electrons. The SMILES string of the molecule is Cn1c(=O)[nH]c(=O)c2nncnc21. The molecule has 0 unspecified atom stereocenters. The average Bonchev–Trinajstić information content (AvgIpc) is 2.15. The Kier molecular flexibility index (Phi) is 1.44. The van der Waals surface area contributed by atoms with E-state index in [0.717, 1.165) is 0 Å². The molecule has 0 bridgehead atoms. The van der Waals surface area contributed by atoms with E-state index in [1.165, 1.54) is 17.9 Å². The molecule has 0 radical (unpaired) electrons. The van der Waals surface area contributed by atoms with Crippen LogP contribution >= 0.6 is 0 Å². The highest BCUT2D eigenvalue weighted by molar-refractivity contribution is 5.66. The number of hydrogen-bond acceptors (Lipinski definition) is 5. The zero-order chi connectivity index (χ0) is 9.42. The molecule has 2 aromatic heterocycles. The van der Waals surface area contributed by atoms with Gasteiger partial charge < -0.3 is 0 Å². The lowest BCUT2D eigenvalue weighted by Gasteiger charge is -1.98. The molecule has 2 heterocycles. The summed E-state index contributed by atoms with van der Waals surface area (Å²) in [7, 11) is 1.50. The van der Waals surface area contributed by atoms with Crippen molar-refractivity contribution in [2.24, 2.45) is 7.05 Å². The van der Waals surface area contributed by atoms with Gasteiger partial charge >= 0.3 is 5.69 Å². The first-order chi connectivity index (χ1) is 6.20. The van der Waals surface area contributed by atoms with Crippen LogP contribution in [0.4, 0.5) is 0 Å². The van der Waals surface area contributed by atoms with Gasteiger partial charge in [-0.15, -0.1) is 10.2 Å². The molecule has 0 saturated heterocycles. The molecule has 13 heavy (non-hydrogen) atoms. The highest BCUT2D eigenvalue weighted by Gasteiger charge is 2.05. The topological polar surface area (TPSA) is 93.5 Å². The molecular weight excluding hydrogens is 174 g/mol. The molecule has 0 aromatic carbocycles. The second kappa shape index (κ2) is 2.47. The van der Waals surface area contributed by atoms with Crippen molar-refractivity contribution in [3.05, 3.63) is 27.2 Å². The number of rotatable bonds is 0. The number of H-pyrrole nitrogens is 1. The van der Waals surface area contributed by atoms with Gasteiger partial charge in [0.15, 0.2) is 11.2 Å². The van der Waals surface area contributed by atoms with Gasteiger partial charge in [-0.1, -0.05) is 0 Å². The Labute approximate surface area is 71.1 Å². The van der Waals surface area contributed by atoms with Crippen LogP contribution in [-0.4, -0.2) is 24.7 Å². The fraction of sp³-hybridized carbons (Fsp3) is 0.167. The summed E-state index contributed by atoms with van der Waals surface area (Å²) in [6.07, 6.45) is 1.18. The number of nitrogens with zero attached hydrogens (tertiary/aromatic N) is 4. The van der Waals surface area contributed by atoms with Gasteiger partial charge in [0.05, 0.1) is 0 Å². The summed E-state index contributed by atoms with van der Waals surface area (Å²) in [4.78, 5) is 28.1. The van der Waals surface area contributed by atoms with Crippen LogP contribution in [0.3, 0.4) is 0 Å². The first kappa shape index (κ1) is 7.59. The third-order valence-electron chi connectivity index (χ3n) is 1.66. The lowest BCUT2D eigenvalue weighted by Crippen LogP contribution is -2.29. The monoisotopic (exact) mass is 179 g/mol. The Morgan fingerprint density at radius 3 is 3.00 bits per heavy atom. The van der Waals surface area contributed by atoms with E-state index in [-0.39, 0.29) is 11.2 Å². The van der Waals surface area contributed by atoms with E-state index in [2.05, 4.69) is 20.2 Å². The highest BCUT2D eigenvalue weighted by atomic mass is 16.2. The Morgan fingerprint density at radius 2 is 2.23 bits per heavy atom. The minimum atomic E-state index is -0.571. The predicted octanol–water partition coefficient (Wildman–Crippen LogP) is -1.59. The van der Waals surface area contributed by atoms with Crippen molar-refractivity contribution in [2.75, 3.05) is 0 Å². The van der Waals surface area contributed by atoms with E-state index in [1.807, 2.05) is 0 Å². The highest BCUT2D eigenvalue weighted by Crippen LogP contribution is 1.93. The molecule has 0 amide bonds. The van der Waals surface area contributed by atoms with Crippen molar-refractivity contribution < 1.29 is 0 Å². The fourth-order valence-electron chi connectivity index (χ4n) is 0.999. The summed E-state index contributed by atoms with van der Waals surface area (Å²) in [5, 5.41) is 7.01. The molecule has 0 spiro atoms. The molecule has 2 rings (SSSR count). The van der Waals surface area contributed by atoms with Crippen LogP contribution in [0.2, 0.25) is 0 Å². The van der Waals surface area contributed by atoms with Gasteiger partial charge in [-0.2, -0.15) is 0 Å². The van der Waals surface area contributed by atoms with Crippen molar-refractivity contribution >= 4 is 11.2 Å². The van der Waals surface area contributed by atoms with Crippen LogP contribution in [0.1, 0.15) is 0 Å². The molecule has 7 nitrogen and oxygen atoms in total. The minimum absolute atomic E-state index is 0.0598. The smallest absolute Gasteiger partial charge is 0.279 e. The van der Waals surface area contributed by atoms with Gasteiger partial charge in [0.1, 0.15) is 6.33 Å². The molecular formula is C6H5N5O2. The molecule has 2 aromatic rings. The zero-order valence-electron chi connectivity index (χ0n) is 6.68. The van der Waals surface area contributed by atoms with Gasteiger partial charge in [-0.05, 0) is 0 Å². The first-order valence-electron chi connectivity index (χ1n) is 3.47. The van der Waals surface area contributed by atoms with E-state index in [0.29, 0.717) is 0 Å². The molecule has 0 aliphatic heterocycles. The van der Waals surface area contributed by atoms with E-state index >= 15 is 0 Å². The lowest BCUT2D eigenvalue weighted by molar-refractivity contribution is 0.812. The summed E-state index contributed by atoms with van der Waals surface area (Å²) in [6, 6.07) is 0. The minimum Gasteiger partial charge on any atom is -0.279 e. The number of hydrogen-bond donors (Lipinski definition) is 1. The van der Waals surface area contributed by atoms with Crippen molar-refractivity contribution in [1.82, 2.24) is 24.7 Å². The molecule has 7 heteroatoms. The number of aryl methyl sites for hydroxylation is 1. The average molecular weight is 179 g/mol. The maximum Gasteiger partial charge on any atom is 0.329 e. The van der Waals surface area contributed by atoms with Gasteiger partial charge in [0.2, 0.25) is 0 Å². The zero-order valence-corrected chi connectivity index (χ0v) is 6.68. The van der Waals surface area contributed by atoms with Crippen LogP contribution in [0, 0.1) is 0 Å². The molecule has 0 aliphatic carbocycles. The van der Waals surface area contributed by atoms with Crippen molar-refractivity contribution in [3.63, 3.8) is 0 Å². The van der Waals surface area contributed by atoms with Crippen molar-refractivity contribution in [2.45, 2.75) is 0 Å². The Bertz CT molecular complexity index is 569. The third kappa shape index (κ3) is 1.01. The summed E-state index contributed by atoms with van der Waals surface area (Å²) < 4.78 is 1.20. The van der Waals surface area contributed by atoms with Gasteiger partial charge in [-0.25, -0.2) is 9.78 Å². The van der Waals surface area contributed by atoms with Crippen molar-refractivity contribution in [1.29, 1.82) is 0 Å². The second-order valence-electron chi connectivity index (χ2n) is 2.45. The maximum atomic E-state index is 11.1. The fourth-order valence-corrected chi connectivity index (χ4v) is 0.999. The second-order valence-corrected chi connectivity index (χ2v) is 2.45. The van der Waals surface area contributed by atoms with Crippen LogP contribution in [0.5, 0.6) is 0 Å². The lowest BCUT2D eigenvalue weighted by atomic mass is 10.5. The summed E-state index contributed by atoms with van der Waals surface area (Å²) in [6.45, 7) is 0. The first-order valence-corrected chi connectivity index (χ1v) is 3.47. The Balaban J connectivity index is 3.15. The Morgan fingerprint density at radius 1 is 1.46 bits per heavy atom. The molecule has 1 N–H and O–H groups in total.